The van der Waals surface area contributed by atoms with Gasteiger partial charge in [-0.2, -0.15) is 0 Å². The molecular weight excluding hydrogens is 242 g/mol. The van der Waals surface area contributed by atoms with E-state index in [-0.39, 0.29) is 0 Å². The Morgan fingerprint density at radius 2 is 1.55 bits per heavy atom. The summed E-state index contributed by atoms with van der Waals surface area (Å²) in [6.07, 6.45) is 19.3. The summed E-state index contributed by atoms with van der Waals surface area (Å²) in [5.74, 6) is 0.576. The minimum Gasteiger partial charge on any atom is -0.262 e. The normalized spacial score (nSPS) is 13.6. The van der Waals surface area contributed by atoms with Gasteiger partial charge in [-0.15, -0.1) is 0 Å². The zero-order valence-corrected chi connectivity index (χ0v) is 13.6. The van der Waals surface area contributed by atoms with Crippen LogP contribution < -0.4 is 0 Å². The average molecular weight is 275 g/mol. The lowest BCUT2D eigenvalue weighted by Gasteiger charge is -2.17. The summed E-state index contributed by atoms with van der Waals surface area (Å²) in [5.41, 5.74) is 1.17. The Balaban J connectivity index is 4.57. The smallest absolute Gasteiger partial charge is 0.0434 e. The third-order valence-corrected chi connectivity index (χ3v) is 3.62. The van der Waals surface area contributed by atoms with Gasteiger partial charge >= 0.3 is 0 Å². The minimum atomic E-state index is 0.576. The summed E-state index contributed by atoms with van der Waals surface area (Å²) in [7, 11) is 0. The second kappa shape index (κ2) is 14.3. The van der Waals surface area contributed by atoms with Crippen molar-refractivity contribution in [1.82, 2.24) is 0 Å². The van der Waals surface area contributed by atoms with Crippen LogP contribution in [0.15, 0.2) is 42.6 Å². The Morgan fingerprint density at radius 3 is 2.10 bits per heavy atom. The van der Waals surface area contributed by atoms with Crippen molar-refractivity contribution in [3.63, 3.8) is 0 Å². The first-order valence-corrected chi connectivity index (χ1v) is 8.27. The van der Waals surface area contributed by atoms with Crippen molar-refractivity contribution in [3.05, 3.63) is 37.6 Å². The lowest BCUT2D eigenvalue weighted by molar-refractivity contribution is 0.499. The molecule has 0 saturated heterocycles. The predicted molar refractivity (Wildman–Crippen MR) is 93.4 cm³/mol. The number of aliphatic imine (C=N–C) groups is 1. The van der Waals surface area contributed by atoms with E-state index in [0.29, 0.717) is 5.92 Å². The van der Waals surface area contributed by atoms with E-state index >= 15 is 0 Å². The average Bonchev–Trinajstić information content (AvgIpc) is 2.46. The Hall–Kier alpha value is -1.11. The molecule has 0 bridgehead atoms. The highest BCUT2D eigenvalue weighted by molar-refractivity contribution is 5.97. The maximum Gasteiger partial charge on any atom is 0.0434 e. The molecule has 0 saturated carbocycles. The van der Waals surface area contributed by atoms with Crippen molar-refractivity contribution in [1.29, 1.82) is 0 Å². The number of allylic oxidation sites excluding steroid dienone is 3. The Kier molecular flexibility index (Phi) is 13.5. The maximum atomic E-state index is 4.49. The van der Waals surface area contributed by atoms with Gasteiger partial charge in [0, 0.05) is 17.8 Å². The van der Waals surface area contributed by atoms with E-state index in [4.69, 9.17) is 0 Å². The first kappa shape index (κ1) is 18.9. The molecule has 0 aromatic heterocycles. The van der Waals surface area contributed by atoms with Gasteiger partial charge in [-0.05, 0) is 18.9 Å². The molecule has 0 spiro atoms. The molecule has 0 N–H and O–H groups in total. The van der Waals surface area contributed by atoms with Gasteiger partial charge in [0.1, 0.15) is 0 Å². The monoisotopic (exact) mass is 275 g/mol. The molecular formula is C19H33N. The van der Waals surface area contributed by atoms with Crippen molar-refractivity contribution >= 4 is 5.71 Å². The van der Waals surface area contributed by atoms with Crippen molar-refractivity contribution in [2.24, 2.45) is 10.9 Å². The molecule has 0 heterocycles. The molecule has 0 aliphatic carbocycles. The van der Waals surface area contributed by atoms with Crippen LogP contribution in [0.2, 0.25) is 0 Å². The van der Waals surface area contributed by atoms with Gasteiger partial charge in [0.15, 0.2) is 0 Å². The molecule has 0 rings (SSSR count). The fraction of sp³-hybridized carbons (Fsp3) is 0.632. The van der Waals surface area contributed by atoms with Crippen molar-refractivity contribution in [2.45, 2.75) is 71.6 Å². The number of rotatable bonds is 13. The van der Waals surface area contributed by atoms with Crippen molar-refractivity contribution in [3.8, 4) is 0 Å². The summed E-state index contributed by atoms with van der Waals surface area (Å²) < 4.78 is 0. The van der Waals surface area contributed by atoms with Crippen LogP contribution in [0.5, 0.6) is 0 Å². The number of nitrogens with zero attached hydrogens (tertiary/aromatic N) is 1. The topological polar surface area (TPSA) is 12.4 Å². The fourth-order valence-corrected chi connectivity index (χ4v) is 2.45. The zero-order valence-electron chi connectivity index (χ0n) is 13.6. The number of unbranched alkanes of at least 4 members (excludes halogenated alkanes) is 5. The minimum absolute atomic E-state index is 0.576. The first-order valence-electron chi connectivity index (χ1n) is 8.27. The van der Waals surface area contributed by atoms with Crippen LogP contribution in [0.3, 0.4) is 0 Å². The highest BCUT2D eigenvalue weighted by Crippen LogP contribution is 2.20. The van der Waals surface area contributed by atoms with Gasteiger partial charge in [-0.1, -0.05) is 84.1 Å². The molecule has 0 aromatic carbocycles. The van der Waals surface area contributed by atoms with Gasteiger partial charge in [0.2, 0.25) is 0 Å². The maximum absolute atomic E-state index is 4.49. The molecule has 0 aliphatic rings. The fourth-order valence-electron chi connectivity index (χ4n) is 2.45. The molecule has 0 amide bonds. The summed E-state index contributed by atoms with van der Waals surface area (Å²) in [4.78, 5) is 4.49. The number of hydrogen-bond acceptors (Lipinski definition) is 1. The second-order valence-electron chi connectivity index (χ2n) is 5.37. The van der Waals surface area contributed by atoms with Crippen LogP contribution in [-0.4, -0.2) is 5.71 Å². The molecule has 1 heteroatoms. The predicted octanol–water partition coefficient (Wildman–Crippen LogP) is 6.48. The Bertz CT molecular complexity index is 299. The largest absolute Gasteiger partial charge is 0.262 e. The third kappa shape index (κ3) is 9.77. The SMILES string of the molecule is C=C/C=C\C(=N/C=C)C(CCCCC)CCCCCC. The van der Waals surface area contributed by atoms with E-state index < -0.39 is 0 Å². The van der Waals surface area contributed by atoms with E-state index in [1.165, 1.54) is 63.5 Å². The summed E-state index contributed by atoms with van der Waals surface area (Å²) >= 11 is 0. The van der Waals surface area contributed by atoms with Crippen LogP contribution in [0.4, 0.5) is 0 Å². The summed E-state index contributed by atoms with van der Waals surface area (Å²) in [6, 6.07) is 0. The Labute approximate surface area is 126 Å². The lowest BCUT2D eigenvalue weighted by Crippen LogP contribution is -2.12. The highest BCUT2D eigenvalue weighted by Gasteiger charge is 2.13. The molecule has 0 fully saturated rings. The summed E-state index contributed by atoms with van der Waals surface area (Å²) in [5, 5.41) is 0. The quantitative estimate of drug-likeness (QED) is 0.207. The van der Waals surface area contributed by atoms with E-state index in [2.05, 4.69) is 38.1 Å². The van der Waals surface area contributed by atoms with E-state index in [1.54, 1.807) is 6.20 Å². The molecule has 0 radical (unpaired) electrons. The molecule has 1 atom stereocenters. The molecule has 1 nitrogen and oxygen atoms in total. The van der Waals surface area contributed by atoms with E-state index in [9.17, 15) is 0 Å². The van der Waals surface area contributed by atoms with Crippen LogP contribution in [-0.2, 0) is 0 Å². The van der Waals surface area contributed by atoms with Crippen LogP contribution in [0, 0.1) is 5.92 Å². The molecule has 0 aromatic rings. The van der Waals surface area contributed by atoms with Gasteiger partial charge in [-0.3, -0.25) is 4.99 Å². The molecule has 1 unspecified atom stereocenters. The van der Waals surface area contributed by atoms with Crippen LogP contribution >= 0.6 is 0 Å². The lowest BCUT2D eigenvalue weighted by atomic mass is 9.90. The van der Waals surface area contributed by atoms with Crippen molar-refractivity contribution < 1.29 is 0 Å². The highest BCUT2D eigenvalue weighted by atomic mass is 14.7. The zero-order chi connectivity index (χ0) is 15.1. The third-order valence-electron chi connectivity index (χ3n) is 3.62. The van der Waals surface area contributed by atoms with E-state index in [1.807, 2.05) is 12.2 Å². The van der Waals surface area contributed by atoms with Gasteiger partial charge in [-0.25, -0.2) is 0 Å². The van der Waals surface area contributed by atoms with Crippen LogP contribution in [0.25, 0.3) is 0 Å². The second-order valence-corrected chi connectivity index (χ2v) is 5.37. The molecule has 114 valence electrons. The Morgan fingerprint density at radius 1 is 0.950 bits per heavy atom. The summed E-state index contributed by atoms with van der Waals surface area (Å²) in [6.45, 7) is 12.0. The van der Waals surface area contributed by atoms with Gasteiger partial charge < -0.3 is 0 Å². The van der Waals surface area contributed by atoms with E-state index in [0.717, 1.165) is 0 Å². The van der Waals surface area contributed by atoms with Gasteiger partial charge in [0.05, 0.1) is 0 Å². The van der Waals surface area contributed by atoms with Crippen molar-refractivity contribution in [2.75, 3.05) is 0 Å². The standard InChI is InChI=1S/C19H33N/c1-5-9-12-14-16-18(15-13-10-6-2)19(20-8-4)17-11-7-3/h7-8,11,17-18H,3-6,9-10,12-16H2,1-2H3/b17-11-,20-19+. The first-order chi connectivity index (χ1) is 9.79. The molecule has 0 aliphatic heterocycles. The van der Waals surface area contributed by atoms with Crippen LogP contribution in [0.1, 0.15) is 71.6 Å². The number of hydrogen-bond donors (Lipinski definition) is 0. The van der Waals surface area contributed by atoms with Gasteiger partial charge in [0.25, 0.3) is 0 Å². The molecule has 20 heavy (non-hydrogen) atoms.